The van der Waals surface area contributed by atoms with Crippen LogP contribution in [-0.2, 0) is 9.05 Å². The van der Waals surface area contributed by atoms with Gasteiger partial charge in [0, 0.05) is 0 Å². The molecule has 5 heteroatoms. The number of hydrogen-bond donors (Lipinski definition) is 0. The lowest BCUT2D eigenvalue weighted by Crippen LogP contribution is -2.15. The predicted molar refractivity (Wildman–Crippen MR) is 106 cm³/mol. The van der Waals surface area contributed by atoms with E-state index in [1.807, 2.05) is 56.3 Å². The van der Waals surface area contributed by atoms with E-state index in [0.717, 1.165) is 11.1 Å². The molecule has 0 N–H and O–H groups in total. The smallest absolute Gasteiger partial charge is 0.343 e. The molecule has 0 saturated heterocycles. The van der Waals surface area contributed by atoms with Crippen LogP contribution in [0.5, 0.6) is 0 Å². The van der Waals surface area contributed by atoms with E-state index in [4.69, 9.17) is 9.05 Å². The zero-order chi connectivity index (χ0) is 19.2. The Morgan fingerprint density at radius 3 is 1.48 bits per heavy atom. The average molecular weight is 378 g/mol. The van der Waals surface area contributed by atoms with Crippen LogP contribution in [0, 0.1) is 13.8 Å². The Balaban J connectivity index is 1.86. The molecule has 0 amide bonds. The summed E-state index contributed by atoms with van der Waals surface area (Å²) in [5.74, 6) is -1.03. The van der Waals surface area contributed by atoms with Crippen LogP contribution in [0.15, 0.2) is 78.9 Å². The van der Waals surface area contributed by atoms with Crippen molar-refractivity contribution in [2.45, 2.75) is 13.8 Å². The quantitative estimate of drug-likeness (QED) is 0.589. The van der Waals surface area contributed by atoms with Crippen LogP contribution < -0.4 is 5.30 Å². The molecule has 3 aromatic carbocycles. The van der Waals surface area contributed by atoms with E-state index >= 15 is 0 Å². The highest BCUT2D eigenvalue weighted by atomic mass is 31.2. The van der Waals surface area contributed by atoms with Gasteiger partial charge in [-0.15, -0.1) is 0 Å². The first-order valence-electron chi connectivity index (χ1n) is 8.47. The molecule has 0 aromatic heterocycles. The molecule has 3 aromatic rings. The summed E-state index contributed by atoms with van der Waals surface area (Å²) in [6.07, 6.45) is 0. The van der Waals surface area contributed by atoms with Crippen molar-refractivity contribution in [3.05, 3.63) is 101 Å². The largest absolute Gasteiger partial charge is 0.399 e. The lowest BCUT2D eigenvalue weighted by atomic mass is 10.1. The van der Waals surface area contributed by atoms with Crippen molar-refractivity contribution in [1.29, 1.82) is 0 Å². The van der Waals surface area contributed by atoms with Crippen molar-refractivity contribution in [2.75, 3.05) is 0 Å². The van der Waals surface area contributed by atoms with E-state index in [0.29, 0.717) is 16.4 Å². The highest BCUT2D eigenvalue weighted by Gasteiger charge is 2.26. The third-order valence-electron chi connectivity index (χ3n) is 4.03. The van der Waals surface area contributed by atoms with Crippen molar-refractivity contribution in [2.24, 2.45) is 0 Å². The van der Waals surface area contributed by atoms with E-state index in [1.54, 1.807) is 36.4 Å². The maximum atomic E-state index is 12.6. The number of aryl methyl sites for hydroxylation is 2. The molecule has 0 aliphatic heterocycles. The summed E-state index contributed by atoms with van der Waals surface area (Å²) >= 11 is 0. The third-order valence-corrected chi connectivity index (χ3v) is 5.41. The fourth-order valence-electron chi connectivity index (χ4n) is 2.53. The van der Waals surface area contributed by atoms with Crippen LogP contribution in [0.3, 0.4) is 0 Å². The van der Waals surface area contributed by atoms with Gasteiger partial charge in [-0.3, -0.25) is 0 Å². The highest BCUT2D eigenvalue weighted by Crippen LogP contribution is 2.39. The van der Waals surface area contributed by atoms with Crippen LogP contribution in [0.1, 0.15) is 31.8 Å². The molecule has 0 saturated carbocycles. The Labute approximate surface area is 159 Å². The molecule has 0 bridgehead atoms. The molecule has 0 aliphatic carbocycles. The molecular weight excluding hydrogens is 359 g/mol. The SMILES string of the molecule is Cc1ccccc1C(=O)OP(OC(=O)c1ccccc1C)c1ccccc1. The van der Waals surface area contributed by atoms with Gasteiger partial charge in [0.1, 0.15) is 0 Å². The van der Waals surface area contributed by atoms with Gasteiger partial charge < -0.3 is 9.05 Å². The van der Waals surface area contributed by atoms with Gasteiger partial charge in [-0.2, -0.15) is 0 Å². The molecule has 0 fully saturated rings. The second-order valence-corrected chi connectivity index (χ2v) is 7.38. The van der Waals surface area contributed by atoms with Crippen molar-refractivity contribution in [3.63, 3.8) is 0 Å². The summed E-state index contributed by atoms with van der Waals surface area (Å²) in [4.78, 5) is 25.3. The van der Waals surface area contributed by atoms with Gasteiger partial charge in [-0.25, -0.2) is 9.59 Å². The van der Waals surface area contributed by atoms with E-state index in [1.165, 1.54) is 0 Å². The molecule has 0 atom stereocenters. The second-order valence-electron chi connectivity index (χ2n) is 5.98. The van der Waals surface area contributed by atoms with Crippen molar-refractivity contribution in [3.8, 4) is 0 Å². The van der Waals surface area contributed by atoms with Gasteiger partial charge in [0.05, 0.1) is 16.4 Å². The average Bonchev–Trinajstić information content (AvgIpc) is 2.68. The number of carbonyl (C=O) groups excluding carboxylic acids is 2. The minimum absolute atomic E-state index is 0.452. The van der Waals surface area contributed by atoms with Gasteiger partial charge in [-0.05, 0) is 49.2 Å². The van der Waals surface area contributed by atoms with Crippen LogP contribution in [0.25, 0.3) is 0 Å². The molecule has 4 nitrogen and oxygen atoms in total. The minimum atomic E-state index is -1.91. The van der Waals surface area contributed by atoms with Crippen LogP contribution in [-0.4, -0.2) is 11.9 Å². The fourth-order valence-corrected chi connectivity index (χ4v) is 3.69. The summed E-state index contributed by atoms with van der Waals surface area (Å²) in [5, 5.41) is 0.649. The molecule has 0 unspecified atom stereocenters. The summed E-state index contributed by atoms with van der Waals surface area (Å²) in [6, 6.07) is 23.3. The Morgan fingerprint density at radius 1 is 0.630 bits per heavy atom. The zero-order valence-corrected chi connectivity index (χ0v) is 16.0. The topological polar surface area (TPSA) is 52.6 Å². The predicted octanol–water partition coefficient (Wildman–Crippen LogP) is 4.95. The molecule has 27 heavy (non-hydrogen) atoms. The van der Waals surface area contributed by atoms with Gasteiger partial charge in [0.15, 0.2) is 0 Å². The van der Waals surface area contributed by atoms with Gasteiger partial charge in [0.2, 0.25) is 0 Å². The van der Waals surface area contributed by atoms with Crippen molar-refractivity contribution in [1.82, 2.24) is 0 Å². The zero-order valence-electron chi connectivity index (χ0n) is 15.1. The Kier molecular flexibility index (Phi) is 6.00. The van der Waals surface area contributed by atoms with Crippen LogP contribution in [0.4, 0.5) is 0 Å². The van der Waals surface area contributed by atoms with E-state index < -0.39 is 20.3 Å². The molecule has 136 valence electrons. The minimum Gasteiger partial charge on any atom is -0.399 e. The van der Waals surface area contributed by atoms with Gasteiger partial charge in [-0.1, -0.05) is 54.6 Å². The number of hydrogen-bond acceptors (Lipinski definition) is 4. The van der Waals surface area contributed by atoms with Crippen molar-refractivity contribution < 1.29 is 18.6 Å². The van der Waals surface area contributed by atoms with Gasteiger partial charge in [0.25, 0.3) is 0 Å². The summed E-state index contributed by atoms with van der Waals surface area (Å²) < 4.78 is 11.2. The Bertz CT molecular complexity index is 894. The molecule has 0 spiro atoms. The first-order valence-corrected chi connectivity index (χ1v) is 9.65. The molecule has 0 aliphatic rings. The molecule has 3 rings (SSSR count). The van der Waals surface area contributed by atoms with E-state index in [-0.39, 0.29) is 0 Å². The maximum Gasteiger partial charge on any atom is 0.343 e. The maximum absolute atomic E-state index is 12.6. The highest BCUT2D eigenvalue weighted by molar-refractivity contribution is 7.57. The number of carbonyl (C=O) groups is 2. The molecule has 0 heterocycles. The normalized spacial score (nSPS) is 10.5. The lowest BCUT2D eigenvalue weighted by Gasteiger charge is -2.17. The summed E-state index contributed by atoms with van der Waals surface area (Å²) in [7, 11) is -1.91. The number of benzene rings is 3. The fraction of sp³-hybridized carbons (Fsp3) is 0.0909. The summed E-state index contributed by atoms with van der Waals surface area (Å²) in [6.45, 7) is 3.67. The Morgan fingerprint density at radius 2 is 1.04 bits per heavy atom. The molecular formula is C22H19O4P. The first kappa shape index (κ1) is 18.8. The van der Waals surface area contributed by atoms with Crippen molar-refractivity contribution >= 4 is 25.6 Å². The lowest BCUT2D eigenvalue weighted by molar-refractivity contribution is 0.0673. The third kappa shape index (κ3) is 4.60. The molecule has 0 radical (unpaired) electrons. The van der Waals surface area contributed by atoms with Crippen LogP contribution >= 0.6 is 8.38 Å². The Hall–Kier alpha value is -2.97. The van der Waals surface area contributed by atoms with Crippen LogP contribution in [0.2, 0.25) is 0 Å². The monoisotopic (exact) mass is 378 g/mol. The number of rotatable bonds is 5. The summed E-state index contributed by atoms with van der Waals surface area (Å²) in [5.41, 5.74) is 2.51. The second kappa shape index (κ2) is 8.61. The van der Waals surface area contributed by atoms with E-state index in [9.17, 15) is 9.59 Å². The van der Waals surface area contributed by atoms with Gasteiger partial charge >= 0.3 is 20.3 Å². The van der Waals surface area contributed by atoms with E-state index in [2.05, 4.69) is 0 Å². The standard InChI is InChI=1S/C22H19O4P/c1-16-10-6-8-14-19(16)21(23)25-27(18-12-4-3-5-13-18)26-22(24)20-15-9-7-11-17(20)2/h3-15H,1-2H3. The first-order chi connectivity index (χ1) is 13.1.